The molecule has 33 heavy (non-hydrogen) atoms. The summed E-state index contributed by atoms with van der Waals surface area (Å²) in [5, 5.41) is 0. The van der Waals surface area contributed by atoms with Crippen molar-refractivity contribution in [3.05, 3.63) is 62.5 Å². The minimum absolute atomic E-state index is 0.176. The predicted molar refractivity (Wildman–Crippen MR) is 137 cm³/mol. The Hall–Kier alpha value is -2.36. The maximum absolute atomic E-state index is 12.8. The lowest BCUT2D eigenvalue weighted by Crippen LogP contribution is -2.29. The number of aryl methyl sites for hydroxylation is 1. The van der Waals surface area contributed by atoms with Crippen LogP contribution in [0.2, 0.25) is 0 Å². The molecule has 0 aromatic heterocycles. The summed E-state index contributed by atoms with van der Waals surface area (Å²) < 4.78 is 17.4. The third kappa shape index (κ3) is 6.59. The first kappa shape index (κ1) is 25.3. The fourth-order valence-electron chi connectivity index (χ4n) is 3.13. The van der Waals surface area contributed by atoms with Crippen LogP contribution in [0, 0.1) is 6.92 Å². The van der Waals surface area contributed by atoms with Gasteiger partial charge in [0.05, 0.1) is 23.6 Å². The normalized spacial score (nSPS) is 14.7. The Kier molecular flexibility index (Phi) is 8.94. The second-order valence-electron chi connectivity index (χ2n) is 7.32. The average molecular weight is 550 g/mol. The van der Waals surface area contributed by atoms with Gasteiger partial charge in [0.2, 0.25) is 0 Å². The third-order valence-electron chi connectivity index (χ3n) is 4.92. The maximum atomic E-state index is 12.8. The molecular formula is C24H24BrNO5S2. The number of rotatable bonds is 9. The second-order valence-corrected chi connectivity index (χ2v) is 9.85. The van der Waals surface area contributed by atoms with Crippen molar-refractivity contribution in [1.82, 2.24) is 4.90 Å². The molecule has 6 nitrogen and oxygen atoms in total. The zero-order chi connectivity index (χ0) is 24.0. The molecule has 1 fully saturated rings. The highest BCUT2D eigenvalue weighted by atomic mass is 79.9. The Balaban J connectivity index is 1.73. The number of amides is 1. The van der Waals surface area contributed by atoms with Gasteiger partial charge in [0.1, 0.15) is 10.9 Å². The first-order valence-electron chi connectivity index (χ1n) is 10.2. The highest BCUT2D eigenvalue weighted by Gasteiger charge is 2.31. The van der Waals surface area contributed by atoms with E-state index >= 15 is 0 Å². The van der Waals surface area contributed by atoms with Crippen molar-refractivity contribution in [3.8, 4) is 11.5 Å². The first-order valence-corrected chi connectivity index (χ1v) is 12.2. The number of esters is 1. The van der Waals surface area contributed by atoms with Crippen LogP contribution in [0.3, 0.4) is 0 Å². The lowest BCUT2D eigenvalue weighted by atomic mass is 10.1. The third-order valence-corrected chi connectivity index (χ3v) is 6.88. The van der Waals surface area contributed by atoms with Gasteiger partial charge in [-0.25, -0.2) is 0 Å². The first-order chi connectivity index (χ1) is 15.8. The molecule has 1 amide bonds. The topological polar surface area (TPSA) is 65.1 Å². The summed E-state index contributed by atoms with van der Waals surface area (Å²) in [6, 6.07) is 11.8. The van der Waals surface area contributed by atoms with Gasteiger partial charge < -0.3 is 14.2 Å². The molecule has 9 heteroatoms. The summed E-state index contributed by atoms with van der Waals surface area (Å²) in [7, 11) is 2.92. The highest BCUT2D eigenvalue weighted by molar-refractivity contribution is 9.10. The number of carbonyl (C=O) groups is 2. The van der Waals surface area contributed by atoms with Crippen molar-refractivity contribution in [3.63, 3.8) is 0 Å². The summed E-state index contributed by atoms with van der Waals surface area (Å²) in [6.07, 6.45) is 2.50. The van der Waals surface area contributed by atoms with Crippen LogP contribution >= 0.6 is 39.9 Å². The number of hydrogen-bond donors (Lipinski definition) is 0. The Morgan fingerprint density at radius 1 is 1.21 bits per heavy atom. The molecule has 0 saturated carbocycles. The van der Waals surface area contributed by atoms with Crippen LogP contribution in [-0.2, 0) is 20.9 Å². The van der Waals surface area contributed by atoms with E-state index < -0.39 is 0 Å². The summed E-state index contributed by atoms with van der Waals surface area (Å²) in [5.41, 5.74) is 3.02. The number of ether oxygens (including phenoxy) is 3. The molecule has 1 aliphatic heterocycles. The molecule has 2 aromatic rings. The molecule has 174 valence electrons. The molecule has 1 saturated heterocycles. The summed E-state index contributed by atoms with van der Waals surface area (Å²) in [5.74, 6) is 0.657. The van der Waals surface area contributed by atoms with Gasteiger partial charge in [0.25, 0.3) is 5.91 Å². The van der Waals surface area contributed by atoms with Crippen LogP contribution in [0.5, 0.6) is 11.5 Å². The van der Waals surface area contributed by atoms with Crippen molar-refractivity contribution >= 4 is 62.2 Å². The number of methoxy groups -OCH3 is 2. The Morgan fingerprint density at radius 3 is 2.61 bits per heavy atom. The van der Waals surface area contributed by atoms with Crippen LogP contribution in [-0.4, -0.2) is 41.9 Å². The minimum Gasteiger partial charge on any atom is -0.493 e. The van der Waals surface area contributed by atoms with Crippen molar-refractivity contribution < 1.29 is 23.8 Å². The van der Waals surface area contributed by atoms with Gasteiger partial charge in [-0.15, -0.1) is 0 Å². The summed E-state index contributed by atoms with van der Waals surface area (Å²) >= 11 is 10.2. The zero-order valence-corrected chi connectivity index (χ0v) is 21.8. The summed E-state index contributed by atoms with van der Waals surface area (Å²) in [6.45, 7) is 2.81. The monoisotopic (exact) mass is 549 g/mol. The number of hydrogen-bond acceptors (Lipinski definition) is 7. The number of benzene rings is 2. The van der Waals surface area contributed by atoms with E-state index in [1.165, 1.54) is 29.3 Å². The van der Waals surface area contributed by atoms with E-state index in [4.69, 9.17) is 21.7 Å². The molecule has 0 atom stereocenters. The maximum Gasteiger partial charge on any atom is 0.305 e. The minimum atomic E-state index is -0.308. The van der Waals surface area contributed by atoms with Crippen molar-refractivity contribution in [2.24, 2.45) is 0 Å². The van der Waals surface area contributed by atoms with Gasteiger partial charge in [-0.1, -0.05) is 53.8 Å². The molecule has 0 unspecified atom stereocenters. The van der Waals surface area contributed by atoms with E-state index in [0.29, 0.717) is 44.8 Å². The highest BCUT2D eigenvalue weighted by Crippen LogP contribution is 2.39. The lowest BCUT2D eigenvalue weighted by molar-refractivity contribution is -0.141. The van der Waals surface area contributed by atoms with Crippen molar-refractivity contribution in [2.75, 3.05) is 20.8 Å². The number of nitrogens with zero attached hydrogens (tertiary/aromatic N) is 1. The molecule has 0 N–H and O–H groups in total. The van der Waals surface area contributed by atoms with Gasteiger partial charge in [0.15, 0.2) is 11.5 Å². The van der Waals surface area contributed by atoms with E-state index in [0.717, 1.165) is 11.1 Å². The quantitative estimate of drug-likeness (QED) is 0.232. The van der Waals surface area contributed by atoms with Crippen LogP contribution in [0.15, 0.2) is 45.8 Å². The lowest BCUT2D eigenvalue weighted by Gasteiger charge is -2.14. The van der Waals surface area contributed by atoms with Crippen molar-refractivity contribution in [1.29, 1.82) is 0 Å². The van der Waals surface area contributed by atoms with Crippen LogP contribution in [0.25, 0.3) is 6.08 Å². The molecule has 0 aliphatic carbocycles. The van der Waals surface area contributed by atoms with Gasteiger partial charge in [0, 0.05) is 13.0 Å². The molecule has 1 heterocycles. The molecule has 0 spiro atoms. The average Bonchev–Trinajstić information content (AvgIpc) is 3.06. The molecule has 1 aliphatic rings. The van der Waals surface area contributed by atoms with E-state index in [9.17, 15) is 9.59 Å². The number of thiocarbonyl (C=S) groups is 1. The number of halogens is 1. The fourth-order valence-corrected chi connectivity index (χ4v) is 5.01. The molecular weight excluding hydrogens is 526 g/mol. The Bertz CT molecular complexity index is 1090. The second kappa shape index (κ2) is 11.7. The van der Waals surface area contributed by atoms with Crippen LogP contribution in [0.1, 0.15) is 29.5 Å². The van der Waals surface area contributed by atoms with Gasteiger partial charge in [-0.05, 0) is 58.6 Å². The smallest absolute Gasteiger partial charge is 0.305 e. The van der Waals surface area contributed by atoms with Gasteiger partial charge in [-0.3, -0.25) is 14.5 Å². The SMILES string of the molecule is COC(=O)CCCN1C(=O)/C(=C/c2cc(Br)c(OCc3ccc(C)cc3)c(OC)c2)SC1=S. The standard InChI is InChI=1S/C24H24BrNO5S2/c1-15-6-8-16(9-7-15)14-31-22-18(25)11-17(12-19(22)29-2)13-20-23(28)26(24(32)33-20)10-4-5-21(27)30-3/h6-9,11-13H,4-5,10,14H2,1-3H3/b20-13-. The van der Waals surface area contributed by atoms with E-state index in [1.807, 2.05) is 43.3 Å². The number of carbonyl (C=O) groups excluding carboxylic acids is 2. The largest absolute Gasteiger partial charge is 0.493 e. The Labute approximate surface area is 211 Å². The molecule has 3 rings (SSSR count). The van der Waals surface area contributed by atoms with Crippen LogP contribution < -0.4 is 9.47 Å². The molecule has 0 radical (unpaired) electrons. The predicted octanol–water partition coefficient (Wildman–Crippen LogP) is 5.50. The van der Waals surface area contributed by atoms with Crippen molar-refractivity contribution in [2.45, 2.75) is 26.4 Å². The van der Waals surface area contributed by atoms with Gasteiger partial charge in [-0.2, -0.15) is 0 Å². The van der Waals surface area contributed by atoms with E-state index in [2.05, 4.69) is 20.7 Å². The Morgan fingerprint density at radius 2 is 1.94 bits per heavy atom. The van der Waals surface area contributed by atoms with Gasteiger partial charge >= 0.3 is 5.97 Å². The summed E-state index contributed by atoms with van der Waals surface area (Å²) in [4.78, 5) is 26.2. The van der Waals surface area contributed by atoms with Crippen LogP contribution in [0.4, 0.5) is 0 Å². The van der Waals surface area contributed by atoms with E-state index in [-0.39, 0.29) is 18.3 Å². The number of thioether (sulfide) groups is 1. The molecule has 0 bridgehead atoms. The fraction of sp³-hybridized carbons (Fsp3) is 0.292. The molecule has 2 aromatic carbocycles. The van der Waals surface area contributed by atoms with E-state index in [1.54, 1.807) is 13.2 Å². The zero-order valence-electron chi connectivity index (χ0n) is 18.6.